The van der Waals surface area contributed by atoms with Crippen LogP contribution in [0.2, 0.25) is 0 Å². The first-order valence-electron chi connectivity index (χ1n) is 10.6. The Balaban J connectivity index is 1.33. The summed E-state index contributed by atoms with van der Waals surface area (Å²) in [4.78, 5) is 39.7. The Labute approximate surface area is 199 Å². The van der Waals surface area contributed by atoms with Gasteiger partial charge < -0.3 is 10.1 Å². The highest BCUT2D eigenvalue weighted by Crippen LogP contribution is 2.32. The summed E-state index contributed by atoms with van der Waals surface area (Å²) in [5.74, 6) is -0.433. The number of imide groups is 1. The van der Waals surface area contributed by atoms with Gasteiger partial charge in [0.25, 0.3) is 17.1 Å². The molecule has 4 rings (SSSR count). The van der Waals surface area contributed by atoms with Crippen LogP contribution in [0, 0.1) is 5.82 Å². The maximum atomic E-state index is 13.9. The second-order valence-electron chi connectivity index (χ2n) is 7.55. The summed E-state index contributed by atoms with van der Waals surface area (Å²) < 4.78 is 19.5. The van der Waals surface area contributed by atoms with Crippen molar-refractivity contribution < 1.29 is 23.5 Å². The molecular weight excluding hydrogens is 463 g/mol. The van der Waals surface area contributed by atoms with E-state index in [0.29, 0.717) is 5.56 Å². The summed E-state index contributed by atoms with van der Waals surface area (Å²) in [5, 5.41) is 2.35. The van der Waals surface area contributed by atoms with Crippen molar-refractivity contribution in [3.8, 4) is 0 Å². The molecule has 0 aliphatic carbocycles. The molecule has 33 heavy (non-hydrogen) atoms. The average molecular weight is 487 g/mol. The molecule has 2 saturated heterocycles. The number of carbonyl (C=O) groups excluding carboxylic acids is 3. The molecule has 3 amide bonds. The lowest BCUT2D eigenvalue weighted by Gasteiger charge is -2.15. The van der Waals surface area contributed by atoms with E-state index in [9.17, 15) is 18.8 Å². The quantitative estimate of drug-likeness (QED) is 0.435. The van der Waals surface area contributed by atoms with Crippen molar-refractivity contribution in [2.45, 2.75) is 23.8 Å². The van der Waals surface area contributed by atoms with E-state index in [1.54, 1.807) is 36.0 Å². The zero-order valence-corrected chi connectivity index (χ0v) is 19.4. The second-order valence-corrected chi connectivity index (χ2v) is 9.61. The Bertz CT molecular complexity index is 1090. The molecule has 0 bridgehead atoms. The minimum atomic E-state index is -0.491. The molecule has 172 valence electrons. The summed E-state index contributed by atoms with van der Waals surface area (Å²) in [5.41, 5.74) is 0.794. The van der Waals surface area contributed by atoms with E-state index < -0.39 is 17.0 Å². The highest BCUT2D eigenvalue weighted by atomic mass is 32.2. The smallest absolute Gasteiger partial charge is 0.293 e. The van der Waals surface area contributed by atoms with Gasteiger partial charge in [0.15, 0.2) is 0 Å². The Kier molecular flexibility index (Phi) is 7.85. The topological polar surface area (TPSA) is 75.7 Å². The number of nitrogens with one attached hydrogen (secondary N) is 1. The summed E-state index contributed by atoms with van der Waals surface area (Å²) in [6, 6.07) is 13.4. The first-order chi connectivity index (χ1) is 16.0. The Morgan fingerprint density at radius 3 is 2.79 bits per heavy atom. The molecule has 0 saturated carbocycles. The number of rotatable bonds is 8. The van der Waals surface area contributed by atoms with Crippen molar-refractivity contribution in [2.24, 2.45) is 0 Å². The number of thioether (sulfide) groups is 2. The van der Waals surface area contributed by atoms with Crippen LogP contribution in [0.4, 0.5) is 9.18 Å². The fraction of sp³-hybridized carbons (Fsp3) is 0.292. The summed E-state index contributed by atoms with van der Waals surface area (Å²) >= 11 is 2.35. The Hall–Kier alpha value is -2.62. The molecule has 9 heteroatoms. The van der Waals surface area contributed by atoms with Crippen molar-refractivity contribution in [3.63, 3.8) is 0 Å². The molecule has 2 aromatic rings. The fourth-order valence-corrected chi connectivity index (χ4v) is 5.52. The van der Waals surface area contributed by atoms with Crippen LogP contribution in [0.1, 0.15) is 28.8 Å². The third-order valence-electron chi connectivity index (χ3n) is 5.27. The number of ether oxygens (including phenoxy) is 1. The van der Waals surface area contributed by atoms with Gasteiger partial charge in [0.05, 0.1) is 16.6 Å². The van der Waals surface area contributed by atoms with Crippen LogP contribution in [-0.4, -0.2) is 53.5 Å². The van der Waals surface area contributed by atoms with Crippen LogP contribution in [0.25, 0.3) is 6.08 Å². The van der Waals surface area contributed by atoms with Gasteiger partial charge in [0.2, 0.25) is 0 Å². The zero-order valence-electron chi connectivity index (χ0n) is 17.8. The number of benzene rings is 2. The third-order valence-corrected chi connectivity index (χ3v) is 7.38. The minimum Gasteiger partial charge on any atom is -0.377 e. The van der Waals surface area contributed by atoms with Crippen molar-refractivity contribution in [1.29, 1.82) is 0 Å². The lowest BCUT2D eigenvalue weighted by atomic mass is 10.2. The van der Waals surface area contributed by atoms with Gasteiger partial charge in [-0.1, -0.05) is 30.3 Å². The maximum absolute atomic E-state index is 13.9. The van der Waals surface area contributed by atoms with Crippen LogP contribution in [0.3, 0.4) is 0 Å². The number of hydrogen-bond donors (Lipinski definition) is 1. The van der Waals surface area contributed by atoms with Gasteiger partial charge in [0, 0.05) is 35.9 Å². The van der Waals surface area contributed by atoms with E-state index in [0.717, 1.165) is 46.8 Å². The molecule has 2 aliphatic heterocycles. The third kappa shape index (κ3) is 5.85. The van der Waals surface area contributed by atoms with E-state index in [1.807, 2.05) is 12.1 Å². The van der Waals surface area contributed by atoms with Gasteiger partial charge in [0.1, 0.15) is 5.82 Å². The van der Waals surface area contributed by atoms with Gasteiger partial charge >= 0.3 is 0 Å². The van der Waals surface area contributed by atoms with Crippen LogP contribution in [-0.2, 0) is 9.53 Å². The summed E-state index contributed by atoms with van der Waals surface area (Å²) in [7, 11) is 0. The molecular formula is C24H23FN2O4S2. The van der Waals surface area contributed by atoms with E-state index in [4.69, 9.17) is 4.74 Å². The van der Waals surface area contributed by atoms with Crippen molar-refractivity contribution in [1.82, 2.24) is 10.2 Å². The van der Waals surface area contributed by atoms with Gasteiger partial charge in [-0.3, -0.25) is 19.3 Å². The lowest BCUT2D eigenvalue weighted by molar-refractivity contribution is -0.122. The molecule has 6 nitrogen and oxygen atoms in total. The van der Waals surface area contributed by atoms with Crippen LogP contribution < -0.4 is 5.32 Å². The van der Waals surface area contributed by atoms with Crippen LogP contribution in [0.15, 0.2) is 58.3 Å². The van der Waals surface area contributed by atoms with E-state index in [2.05, 4.69) is 5.32 Å². The minimum absolute atomic E-state index is 0.0379. The number of hydrogen-bond acceptors (Lipinski definition) is 6. The number of amides is 3. The second kappa shape index (κ2) is 11.0. The first-order valence-corrected chi connectivity index (χ1v) is 12.4. The van der Waals surface area contributed by atoms with Crippen molar-refractivity contribution in [3.05, 3.63) is 70.4 Å². The molecule has 0 spiro atoms. The standard InChI is InChI=1S/C24H23FN2O4S2/c25-19-9-3-1-6-16(19)14-21-23(29)27(24(30)33-21)12-11-26-22(28)18-8-2-4-10-20(18)32-15-17-7-5-13-31-17/h1-4,6,8-10,14,17H,5,7,11-13,15H2,(H,26,28)/b21-14-. The van der Waals surface area contributed by atoms with Crippen LogP contribution in [0.5, 0.6) is 0 Å². The fourth-order valence-electron chi connectivity index (χ4n) is 3.54. The van der Waals surface area contributed by atoms with E-state index in [-0.39, 0.29) is 35.6 Å². The predicted octanol–water partition coefficient (Wildman–Crippen LogP) is 4.56. The zero-order chi connectivity index (χ0) is 23.2. The maximum Gasteiger partial charge on any atom is 0.293 e. The van der Waals surface area contributed by atoms with Crippen LogP contribution >= 0.6 is 23.5 Å². The number of halogens is 1. The normalized spacial score (nSPS) is 19.5. The summed E-state index contributed by atoms with van der Waals surface area (Å²) in [6.45, 7) is 0.946. The summed E-state index contributed by atoms with van der Waals surface area (Å²) in [6.07, 6.45) is 3.68. The lowest BCUT2D eigenvalue weighted by Crippen LogP contribution is -2.37. The van der Waals surface area contributed by atoms with Gasteiger partial charge in [-0.05, 0) is 48.9 Å². The van der Waals surface area contributed by atoms with E-state index >= 15 is 0 Å². The first kappa shape index (κ1) is 23.5. The van der Waals surface area contributed by atoms with Gasteiger partial charge in [-0.2, -0.15) is 0 Å². The number of carbonyl (C=O) groups is 3. The Morgan fingerprint density at radius 2 is 2.00 bits per heavy atom. The molecule has 2 aliphatic rings. The number of nitrogens with zero attached hydrogens (tertiary/aromatic N) is 1. The molecule has 2 fully saturated rings. The largest absolute Gasteiger partial charge is 0.377 e. The molecule has 0 radical (unpaired) electrons. The molecule has 2 aromatic carbocycles. The molecule has 0 aromatic heterocycles. The Morgan fingerprint density at radius 1 is 1.21 bits per heavy atom. The highest BCUT2D eigenvalue weighted by molar-refractivity contribution is 8.18. The van der Waals surface area contributed by atoms with Crippen molar-refractivity contribution in [2.75, 3.05) is 25.4 Å². The average Bonchev–Trinajstić information content (AvgIpc) is 3.43. The van der Waals surface area contributed by atoms with Gasteiger partial charge in [-0.15, -0.1) is 11.8 Å². The molecule has 2 heterocycles. The monoisotopic (exact) mass is 486 g/mol. The van der Waals surface area contributed by atoms with Gasteiger partial charge in [-0.25, -0.2) is 4.39 Å². The highest BCUT2D eigenvalue weighted by Gasteiger charge is 2.34. The molecule has 1 N–H and O–H groups in total. The van der Waals surface area contributed by atoms with Crippen molar-refractivity contribution >= 4 is 46.7 Å². The molecule has 1 unspecified atom stereocenters. The van der Waals surface area contributed by atoms with E-state index in [1.165, 1.54) is 18.2 Å². The predicted molar refractivity (Wildman–Crippen MR) is 128 cm³/mol. The SMILES string of the molecule is O=C(NCCN1C(=O)S/C(=C\c2ccccc2F)C1=O)c1ccccc1SCC1CCCO1. The molecule has 1 atom stereocenters.